The molecule has 0 unspecified atom stereocenters. The molecule has 5 aromatic rings. The van der Waals surface area contributed by atoms with Gasteiger partial charge in [0.2, 0.25) is 0 Å². The van der Waals surface area contributed by atoms with E-state index in [0.29, 0.717) is 0 Å². The number of fused-ring (bicyclic) bond motifs is 8. The molecule has 27 heavy (non-hydrogen) atoms. The fourth-order valence-electron chi connectivity index (χ4n) is 4.52. The Morgan fingerprint density at radius 3 is 1.67 bits per heavy atom. The van der Waals surface area contributed by atoms with Crippen LogP contribution in [0.3, 0.4) is 0 Å². The average Bonchev–Trinajstić information content (AvgIpc) is 3.25. The number of nitrogens with zero attached hydrogens (tertiary/aromatic N) is 2. The van der Waals surface area contributed by atoms with Crippen LogP contribution in [0.15, 0.2) is 78.9 Å². The van der Waals surface area contributed by atoms with Crippen molar-refractivity contribution in [1.82, 2.24) is 8.96 Å². The van der Waals surface area contributed by atoms with Gasteiger partial charge in [-0.05, 0) is 24.3 Å². The molecule has 0 saturated heterocycles. The molecule has 0 bridgehead atoms. The van der Waals surface area contributed by atoms with E-state index >= 15 is 0 Å². The summed E-state index contributed by atoms with van der Waals surface area (Å²) in [5.41, 5.74) is 3.38. The topological polar surface area (TPSA) is 28.3 Å². The van der Waals surface area contributed by atoms with Crippen molar-refractivity contribution in [2.75, 3.05) is 0 Å². The summed E-state index contributed by atoms with van der Waals surface area (Å²) in [6.07, 6.45) is 0. The smallest absolute Gasteiger partial charge is 0.433 e. The van der Waals surface area contributed by atoms with Crippen LogP contribution >= 0.6 is 0 Å². The molecule has 2 aromatic heterocycles. The first-order valence-corrected chi connectivity index (χ1v) is 9.07. The van der Waals surface area contributed by atoms with Crippen LogP contribution in [0, 0.1) is 0 Å². The predicted molar refractivity (Wildman–Crippen MR) is 107 cm³/mol. The molecule has 5 heteroatoms. The molecule has 0 aliphatic carbocycles. The number of ether oxygens (including phenoxy) is 2. The standard InChI is InChI=1S/C22H13BN2O2/c1-3-8-16-14(6-1)12-20-24(16)23-22-18(26-20)10-5-11-19(22)27-21-13-15-7-2-4-9-17(15)25(21)23/h1-13H. The van der Waals surface area contributed by atoms with Crippen molar-refractivity contribution >= 4 is 34.3 Å². The SMILES string of the molecule is c1cc2c3c(c1)Oc1cc4ccccc4n1B3n1c(cc3ccccc31)O2. The normalized spacial score (nSPS) is 13.7. The number of benzene rings is 3. The van der Waals surface area contributed by atoms with Gasteiger partial charge in [0.25, 0.3) is 0 Å². The van der Waals surface area contributed by atoms with Crippen molar-refractivity contribution in [1.29, 1.82) is 0 Å². The third-order valence-corrected chi connectivity index (χ3v) is 5.63. The van der Waals surface area contributed by atoms with Gasteiger partial charge in [0.15, 0.2) is 11.8 Å². The number of rotatable bonds is 0. The Morgan fingerprint density at radius 1 is 0.593 bits per heavy atom. The Kier molecular flexibility index (Phi) is 2.30. The van der Waals surface area contributed by atoms with Gasteiger partial charge in [-0.3, -0.25) is 0 Å². The minimum Gasteiger partial charge on any atom is -0.442 e. The zero-order valence-electron chi connectivity index (χ0n) is 14.3. The van der Waals surface area contributed by atoms with E-state index in [2.05, 4.69) is 69.6 Å². The maximum Gasteiger partial charge on any atom is 0.433 e. The van der Waals surface area contributed by atoms with Crippen LogP contribution in [0.5, 0.6) is 23.3 Å². The highest BCUT2D eigenvalue weighted by molar-refractivity contribution is 6.75. The van der Waals surface area contributed by atoms with E-state index in [-0.39, 0.29) is 6.98 Å². The van der Waals surface area contributed by atoms with Crippen molar-refractivity contribution in [3.63, 3.8) is 0 Å². The fraction of sp³-hybridized carbons (Fsp3) is 0. The molecule has 4 nitrogen and oxygen atoms in total. The summed E-state index contributed by atoms with van der Waals surface area (Å²) in [5.74, 6) is 3.43. The Morgan fingerprint density at radius 2 is 1.11 bits per heavy atom. The van der Waals surface area contributed by atoms with Crippen LogP contribution in [0.2, 0.25) is 0 Å². The lowest BCUT2D eigenvalue weighted by atomic mass is 9.64. The van der Waals surface area contributed by atoms with Gasteiger partial charge in [0.05, 0.1) is 5.46 Å². The molecule has 2 aliphatic heterocycles. The summed E-state index contributed by atoms with van der Waals surface area (Å²) >= 11 is 0. The molecule has 7 rings (SSSR count). The third kappa shape index (κ3) is 1.60. The Balaban J connectivity index is 1.66. The highest BCUT2D eigenvalue weighted by atomic mass is 16.5. The Bertz CT molecular complexity index is 1300. The van der Waals surface area contributed by atoms with Gasteiger partial charge in [-0.2, -0.15) is 0 Å². The average molecular weight is 348 g/mol. The first-order chi connectivity index (χ1) is 13.4. The summed E-state index contributed by atoms with van der Waals surface area (Å²) in [7, 11) is 0. The number of aromatic nitrogens is 2. The molecule has 0 fully saturated rings. The highest BCUT2D eigenvalue weighted by Crippen LogP contribution is 2.41. The van der Waals surface area contributed by atoms with E-state index < -0.39 is 0 Å². The summed E-state index contributed by atoms with van der Waals surface area (Å²) < 4.78 is 17.1. The van der Waals surface area contributed by atoms with E-state index in [0.717, 1.165) is 39.8 Å². The summed E-state index contributed by atoms with van der Waals surface area (Å²) in [5, 5.41) is 2.35. The zero-order chi connectivity index (χ0) is 17.5. The van der Waals surface area contributed by atoms with Gasteiger partial charge in [0.1, 0.15) is 11.5 Å². The molecule has 3 aromatic carbocycles. The van der Waals surface area contributed by atoms with Crippen molar-refractivity contribution in [2.24, 2.45) is 0 Å². The van der Waals surface area contributed by atoms with Crippen LogP contribution < -0.4 is 14.9 Å². The molecule has 0 N–H and O–H groups in total. The van der Waals surface area contributed by atoms with Crippen LogP contribution in [0.4, 0.5) is 0 Å². The first kappa shape index (κ1) is 13.6. The molecule has 0 radical (unpaired) electrons. The van der Waals surface area contributed by atoms with E-state index in [1.54, 1.807) is 0 Å². The lowest BCUT2D eigenvalue weighted by Crippen LogP contribution is -2.50. The second kappa shape index (κ2) is 4.57. The van der Waals surface area contributed by atoms with E-state index in [1.807, 2.05) is 18.2 Å². The van der Waals surface area contributed by atoms with Gasteiger partial charge in [-0.1, -0.05) is 42.5 Å². The van der Waals surface area contributed by atoms with Crippen molar-refractivity contribution in [3.05, 3.63) is 78.9 Å². The van der Waals surface area contributed by atoms with Gasteiger partial charge in [0, 0.05) is 33.9 Å². The van der Waals surface area contributed by atoms with E-state index in [9.17, 15) is 0 Å². The maximum absolute atomic E-state index is 6.28. The lowest BCUT2D eigenvalue weighted by molar-refractivity contribution is 0.426. The molecule has 2 aliphatic rings. The fourth-order valence-corrected chi connectivity index (χ4v) is 4.52. The largest absolute Gasteiger partial charge is 0.442 e. The molecule has 4 heterocycles. The highest BCUT2D eigenvalue weighted by Gasteiger charge is 2.42. The zero-order valence-corrected chi connectivity index (χ0v) is 14.3. The molecule has 0 saturated carbocycles. The molecular formula is C22H13BN2O2. The third-order valence-electron chi connectivity index (χ3n) is 5.63. The molecular weight excluding hydrogens is 335 g/mol. The number of hydrogen-bond donors (Lipinski definition) is 0. The van der Waals surface area contributed by atoms with Gasteiger partial charge >= 0.3 is 6.98 Å². The minimum absolute atomic E-state index is 0.0384. The minimum atomic E-state index is -0.0384. The second-order valence-corrected chi connectivity index (χ2v) is 7.07. The number of para-hydroxylation sites is 2. The van der Waals surface area contributed by atoms with E-state index in [4.69, 9.17) is 9.47 Å². The quantitative estimate of drug-likeness (QED) is 0.375. The second-order valence-electron chi connectivity index (χ2n) is 7.07. The summed E-state index contributed by atoms with van der Waals surface area (Å²) in [6, 6.07) is 27.1. The van der Waals surface area contributed by atoms with Crippen LogP contribution in [0.25, 0.3) is 21.8 Å². The van der Waals surface area contributed by atoms with Gasteiger partial charge in [-0.25, -0.2) is 0 Å². The van der Waals surface area contributed by atoms with Crippen molar-refractivity contribution < 1.29 is 9.47 Å². The van der Waals surface area contributed by atoms with Crippen LogP contribution in [-0.4, -0.2) is 15.9 Å². The van der Waals surface area contributed by atoms with Crippen LogP contribution in [0.1, 0.15) is 0 Å². The molecule has 0 atom stereocenters. The molecule has 126 valence electrons. The van der Waals surface area contributed by atoms with Crippen LogP contribution in [-0.2, 0) is 0 Å². The Hall–Kier alpha value is -3.60. The lowest BCUT2D eigenvalue weighted by Gasteiger charge is -2.33. The van der Waals surface area contributed by atoms with E-state index in [1.165, 1.54) is 10.8 Å². The Labute approximate surface area is 155 Å². The first-order valence-electron chi connectivity index (χ1n) is 9.07. The van der Waals surface area contributed by atoms with Gasteiger partial charge < -0.3 is 18.4 Å². The number of hydrogen-bond acceptors (Lipinski definition) is 2. The molecule has 0 amide bonds. The monoisotopic (exact) mass is 348 g/mol. The summed E-state index contributed by atoms with van der Waals surface area (Å²) in [6.45, 7) is -0.0384. The predicted octanol–water partition coefficient (Wildman–Crippen LogP) is 4.60. The van der Waals surface area contributed by atoms with Crippen molar-refractivity contribution in [2.45, 2.75) is 0 Å². The van der Waals surface area contributed by atoms with Gasteiger partial charge in [-0.15, -0.1) is 0 Å². The summed E-state index contributed by atoms with van der Waals surface area (Å²) in [4.78, 5) is 0. The maximum atomic E-state index is 6.28. The van der Waals surface area contributed by atoms with Crippen molar-refractivity contribution in [3.8, 4) is 23.3 Å². The molecule has 0 spiro atoms.